The van der Waals surface area contributed by atoms with Gasteiger partial charge in [0.15, 0.2) is 7.14 Å². The molecule has 3 heteroatoms. The van der Waals surface area contributed by atoms with Crippen molar-refractivity contribution in [1.82, 2.24) is 4.98 Å². The van der Waals surface area contributed by atoms with Crippen molar-refractivity contribution < 1.29 is 4.57 Å². The van der Waals surface area contributed by atoms with E-state index in [0.29, 0.717) is 0 Å². The van der Waals surface area contributed by atoms with Crippen molar-refractivity contribution in [3.8, 4) is 11.1 Å². The van der Waals surface area contributed by atoms with Crippen LogP contribution in [0.5, 0.6) is 0 Å². The Kier molecular flexibility index (Phi) is 5.09. The molecule has 1 heterocycles. The van der Waals surface area contributed by atoms with Crippen LogP contribution >= 0.6 is 7.14 Å². The highest BCUT2D eigenvalue weighted by Gasteiger charge is 2.29. The van der Waals surface area contributed by atoms with Gasteiger partial charge in [0.1, 0.15) is 0 Å². The van der Waals surface area contributed by atoms with Gasteiger partial charge >= 0.3 is 0 Å². The molecule has 1 unspecified atom stereocenters. The molecule has 6 aromatic rings. The van der Waals surface area contributed by atoms with E-state index < -0.39 is 7.14 Å². The summed E-state index contributed by atoms with van der Waals surface area (Å²) in [6, 6.07) is 42.6. The van der Waals surface area contributed by atoms with Gasteiger partial charge in [-0.05, 0) is 40.1 Å². The molecule has 6 rings (SSSR count). The van der Waals surface area contributed by atoms with E-state index in [2.05, 4.69) is 53.5 Å². The lowest BCUT2D eigenvalue weighted by Crippen LogP contribution is -2.25. The zero-order valence-corrected chi connectivity index (χ0v) is 19.4. The number of fused-ring (bicyclic) bond motifs is 2. The third kappa shape index (κ3) is 3.44. The first-order valence-electron chi connectivity index (χ1n) is 11.3. The van der Waals surface area contributed by atoms with E-state index >= 15 is 0 Å². The largest absolute Gasteiger partial charge is 0.309 e. The normalized spacial score (nSPS) is 13.1. The highest BCUT2D eigenvalue weighted by Crippen LogP contribution is 2.43. The number of hydrogen-bond donors (Lipinski definition) is 0. The maximum Gasteiger partial charge on any atom is 0.171 e. The first-order valence-corrected chi connectivity index (χ1v) is 13.0. The van der Waals surface area contributed by atoms with Crippen LogP contribution in [0.2, 0.25) is 0 Å². The van der Waals surface area contributed by atoms with Gasteiger partial charge in [0.05, 0.1) is 5.52 Å². The van der Waals surface area contributed by atoms with Crippen LogP contribution < -0.4 is 15.9 Å². The van der Waals surface area contributed by atoms with Gasteiger partial charge in [-0.25, -0.2) is 0 Å². The fourth-order valence-corrected chi connectivity index (χ4v) is 7.32. The average Bonchev–Trinajstić information content (AvgIpc) is 2.92. The molecule has 5 aromatic carbocycles. The summed E-state index contributed by atoms with van der Waals surface area (Å²) in [5.74, 6) is 0. The van der Waals surface area contributed by atoms with E-state index in [1.54, 1.807) is 0 Å². The van der Waals surface area contributed by atoms with Crippen LogP contribution in [-0.4, -0.2) is 4.98 Å². The standard InChI is InChI=1S/C31H22NOP/c33-34(26-10-2-1-3-11-26,28-20-15-23-8-4-5-9-25(23)22-28)27-18-16-24(17-19-27)29-12-6-14-31-30(29)13-7-21-32-31/h1-22H. The molecule has 162 valence electrons. The Hall–Kier alpha value is -4.00. The summed E-state index contributed by atoms with van der Waals surface area (Å²) >= 11 is 0. The molecule has 34 heavy (non-hydrogen) atoms. The Balaban J connectivity index is 1.51. The van der Waals surface area contributed by atoms with Crippen LogP contribution in [-0.2, 0) is 4.57 Å². The van der Waals surface area contributed by atoms with E-state index in [0.717, 1.165) is 48.7 Å². The number of aromatic nitrogens is 1. The fraction of sp³-hybridized carbons (Fsp3) is 0. The maximum absolute atomic E-state index is 14.9. The first-order chi connectivity index (χ1) is 16.7. The first kappa shape index (κ1) is 20.6. The molecule has 1 atom stereocenters. The summed E-state index contributed by atoms with van der Waals surface area (Å²) in [5.41, 5.74) is 3.17. The predicted octanol–water partition coefficient (Wildman–Crippen LogP) is 6.69. The van der Waals surface area contributed by atoms with Gasteiger partial charge in [-0.15, -0.1) is 0 Å². The van der Waals surface area contributed by atoms with E-state index in [1.165, 1.54) is 0 Å². The monoisotopic (exact) mass is 455 g/mol. The molecule has 0 aliphatic rings. The summed E-state index contributed by atoms with van der Waals surface area (Å²) in [4.78, 5) is 4.48. The molecule has 0 bridgehead atoms. The lowest BCUT2D eigenvalue weighted by Gasteiger charge is -2.21. The predicted molar refractivity (Wildman–Crippen MR) is 144 cm³/mol. The van der Waals surface area contributed by atoms with Crippen LogP contribution in [0.4, 0.5) is 0 Å². The molecule has 0 saturated carbocycles. The average molecular weight is 455 g/mol. The number of pyridine rings is 1. The molecule has 0 aliphatic heterocycles. The molecule has 0 N–H and O–H groups in total. The summed E-state index contributed by atoms with van der Waals surface area (Å²) in [5, 5.41) is 5.86. The quantitative estimate of drug-likeness (QED) is 0.277. The summed E-state index contributed by atoms with van der Waals surface area (Å²) in [6.45, 7) is 0. The van der Waals surface area contributed by atoms with Gasteiger partial charge < -0.3 is 4.57 Å². The Labute approximate surface area is 198 Å². The van der Waals surface area contributed by atoms with Crippen molar-refractivity contribution in [1.29, 1.82) is 0 Å². The molecular formula is C31H22NOP. The Morgan fingerprint density at radius 3 is 2.06 bits per heavy atom. The zero-order chi connectivity index (χ0) is 23.0. The second kappa shape index (κ2) is 8.41. The second-order valence-electron chi connectivity index (χ2n) is 8.40. The van der Waals surface area contributed by atoms with Crippen molar-refractivity contribution in [3.63, 3.8) is 0 Å². The summed E-state index contributed by atoms with van der Waals surface area (Å²) in [7, 11) is -3.05. The molecule has 0 aliphatic carbocycles. The summed E-state index contributed by atoms with van der Waals surface area (Å²) < 4.78 is 14.9. The highest BCUT2D eigenvalue weighted by atomic mass is 31.2. The minimum absolute atomic E-state index is 0.830. The SMILES string of the molecule is O=P(c1ccccc1)(c1ccc(-c2cccc3ncccc23)cc1)c1ccc2ccccc2c1. The van der Waals surface area contributed by atoms with E-state index in [1.807, 2.05) is 85.1 Å². The Bertz CT molecular complexity index is 1670. The Morgan fingerprint density at radius 2 is 1.24 bits per heavy atom. The smallest absolute Gasteiger partial charge is 0.171 e. The molecule has 0 fully saturated rings. The minimum Gasteiger partial charge on any atom is -0.309 e. The fourth-order valence-electron chi connectivity index (χ4n) is 4.66. The van der Waals surface area contributed by atoms with Gasteiger partial charge in [-0.1, -0.05) is 109 Å². The van der Waals surface area contributed by atoms with Crippen LogP contribution in [0.3, 0.4) is 0 Å². The molecule has 0 amide bonds. The third-order valence-corrected chi connectivity index (χ3v) is 9.46. The lowest BCUT2D eigenvalue weighted by atomic mass is 10.0. The molecule has 2 nitrogen and oxygen atoms in total. The molecule has 0 radical (unpaired) electrons. The van der Waals surface area contributed by atoms with E-state index in [9.17, 15) is 4.57 Å². The maximum atomic E-state index is 14.9. The van der Waals surface area contributed by atoms with Gasteiger partial charge in [0.25, 0.3) is 0 Å². The van der Waals surface area contributed by atoms with Crippen molar-refractivity contribution in [2.45, 2.75) is 0 Å². The third-order valence-electron chi connectivity index (χ3n) is 6.40. The van der Waals surface area contributed by atoms with E-state index in [4.69, 9.17) is 0 Å². The number of rotatable bonds is 4. The topological polar surface area (TPSA) is 30.0 Å². The minimum atomic E-state index is -3.05. The van der Waals surface area contributed by atoms with E-state index in [-0.39, 0.29) is 0 Å². The number of benzene rings is 5. The molecule has 1 aromatic heterocycles. The van der Waals surface area contributed by atoms with Crippen LogP contribution in [0, 0.1) is 0 Å². The lowest BCUT2D eigenvalue weighted by molar-refractivity contribution is 0.592. The van der Waals surface area contributed by atoms with Crippen molar-refractivity contribution in [3.05, 3.63) is 134 Å². The molecule has 0 saturated heterocycles. The van der Waals surface area contributed by atoms with Crippen molar-refractivity contribution in [2.24, 2.45) is 0 Å². The van der Waals surface area contributed by atoms with Crippen LogP contribution in [0.25, 0.3) is 32.8 Å². The highest BCUT2D eigenvalue weighted by molar-refractivity contribution is 7.85. The molecule has 0 spiro atoms. The Morgan fingerprint density at radius 1 is 0.529 bits per heavy atom. The molecular weight excluding hydrogens is 433 g/mol. The van der Waals surface area contributed by atoms with Gasteiger partial charge in [0, 0.05) is 27.5 Å². The second-order valence-corrected chi connectivity index (χ2v) is 11.2. The zero-order valence-electron chi connectivity index (χ0n) is 18.5. The van der Waals surface area contributed by atoms with Crippen LogP contribution in [0.1, 0.15) is 0 Å². The number of nitrogens with zero attached hydrogens (tertiary/aromatic N) is 1. The summed E-state index contributed by atoms with van der Waals surface area (Å²) in [6.07, 6.45) is 1.81. The van der Waals surface area contributed by atoms with Crippen molar-refractivity contribution >= 4 is 44.7 Å². The van der Waals surface area contributed by atoms with Gasteiger partial charge in [-0.3, -0.25) is 4.98 Å². The van der Waals surface area contributed by atoms with Crippen molar-refractivity contribution in [2.75, 3.05) is 0 Å². The van der Waals surface area contributed by atoms with Crippen LogP contribution in [0.15, 0.2) is 134 Å². The number of hydrogen-bond acceptors (Lipinski definition) is 2. The van der Waals surface area contributed by atoms with Gasteiger partial charge in [0.2, 0.25) is 0 Å². The van der Waals surface area contributed by atoms with Gasteiger partial charge in [-0.2, -0.15) is 0 Å².